The van der Waals surface area contributed by atoms with Gasteiger partial charge in [-0.1, -0.05) is 13.8 Å². The largest absolute Gasteiger partial charge is 0.365 e. The standard InChI is InChI=1S/C23H32N6O2S/c1-13(2)21-25-14(3)12-18(26-21)29-10-8-28(9-11-29)15(4)22(31)27-23-19(20(24)30)16-6-5-7-17(16)32-23/h12-13,15H,5-11H2,1-4H3,(H2,24,30)(H,27,31)/t15-/m1/s1. The highest BCUT2D eigenvalue weighted by molar-refractivity contribution is 7.17. The fourth-order valence-corrected chi connectivity index (χ4v) is 5.77. The zero-order valence-electron chi connectivity index (χ0n) is 19.3. The summed E-state index contributed by atoms with van der Waals surface area (Å²) in [5.74, 6) is 1.55. The van der Waals surface area contributed by atoms with Crippen LogP contribution in [0, 0.1) is 6.92 Å². The molecule has 0 spiro atoms. The number of amides is 2. The summed E-state index contributed by atoms with van der Waals surface area (Å²) in [4.78, 5) is 39.9. The minimum absolute atomic E-state index is 0.0964. The Balaban J connectivity index is 1.39. The topological polar surface area (TPSA) is 104 Å². The Morgan fingerprint density at radius 3 is 2.50 bits per heavy atom. The SMILES string of the molecule is Cc1cc(N2CCN([C@H](C)C(=O)Nc3sc4c(c3C(N)=O)CCC4)CC2)nc(C(C)C)n1. The Bertz CT molecular complexity index is 1030. The Morgan fingerprint density at radius 2 is 1.84 bits per heavy atom. The maximum absolute atomic E-state index is 13.0. The molecule has 0 aromatic carbocycles. The number of nitrogens with two attached hydrogens (primary N) is 1. The summed E-state index contributed by atoms with van der Waals surface area (Å²) in [6.45, 7) is 11.2. The third-order valence-electron chi connectivity index (χ3n) is 6.34. The van der Waals surface area contributed by atoms with Crippen molar-refractivity contribution in [1.82, 2.24) is 14.9 Å². The summed E-state index contributed by atoms with van der Waals surface area (Å²) >= 11 is 1.50. The van der Waals surface area contributed by atoms with Gasteiger partial charge in [0.2, 0.25) is 5.91 Å². The van der Waals surface area contributed by atoms with Crippen LogP contribution >= 0.6 is 11.3 Å². The van der Waals surface area contributed by atoms with Gasteiger partial charge in [-0.25, -0.2) is 9.97 Å². The average Bonchev–Trinajstić information content (AvgIpc) is 3.33. The van der Waals surface area contributed by atoms with Crippen molar-refractivity contribution in [3.63, 3.8) is 0 Å². The minimum Gasteiger partial charge on any atom is -0.365 e. The quantitative estimate of drug-likeness (QED) is 0.693. The second-order valence-corrected chi connectivity index (χ2v) is 10.1. The Hall–Kier alpha value is -2.52. The molecule has 0 unspecified atom stereocenters. The molecular formula is C23H32N6O2S. The number of hydrogen-bond donors (Lipinski definition) is 2. The van der Waals surface area contributed by atoms with Crippen molar-refractivity contribution in [3.8, 4) is 0 Å². The van der Waals surface area contributed by atoms with E-state index in [1.54, 1.807) is 0 Å². The number of rotatable bonds is 6. The molecule has 0 radical (unpaired) electrons. The highest BCUT2D eigenvalue weighted by Gasteiger charge is 2.30. The van der Waals surface area contributed by atoms with Crippen LogP contribution in [0.1, 0.15) is 65.4 Å². The third kappa shape index (κ3) is 4.49. The number of nitrogens with zero attached hydrogens (tertiary/aromatic N) is 4. The predicted molar refractivity (Wildman–Crippen MR) is 128 cm³/mol. The predicted octanol–water partition coefficient (Wildman–Crippen LogP) is 2.71. The molecule has 1 saturated heterocycles. The van der Waals surface area contributed by atoms with Gasteiger partial charge in [-0.15, -0.1) is 11.3 Å². The molecule has 3 N–H and O–H groups in total. The van der Waals surface area contributed by atoms with Gasteiger partial charge in [-0.2, -0.15) is 0 Å². The molecule has 8 nitrogen and oxygen atoms in total. The van der Waals surface area contributed by atoms with Crippen LogP contribution in [0.5, 0.6) is 0 Å². The number of piperazine rings is 1. The third-order valence-corrected chi connectivity index (χ3v) is 7.55. The van der Waals surface area contributed by atoms with Crippen LogP contribution < -0.4 is 16.0 Å². The second-order valence-electron chi connectivity index (χ2n) is 8.99. The molecular weight excluding hydrogens is 424 g/mol. The van der Waals surface area contributed by atoms with Gasteiger partial charge in [-0.05, 0) is 38.7 Å². The van der Waals surface area contributed by atoms with E-state index in [2.05, 4.69) is 33.9 Å². The molecule has 1 aliphatic carbocycles. The normalized spacial score (nSPS) is 17.5. The van der Waals surface area contributed by atoms with Crippen LogP contribution in [0.2, 0.25) is 0 Å². The number of nitrogens with one attached hydrogen (secondary N) is 1. The lowest BCUT2D eigenvalue weighted by atomic mass is 10.1. The van der Waals surface area contributed by atoms with Crippen LogP contribution in [0.3, 0.4) is 0 Å². The molecule has 9 heteroatoms. The minimum atomic E-state index is -0.457. The first kappa shape index (κ1) is 22.7. The van der Waals surface area contributed by atoms with E-state index < -0.39 is 5.91 Å². The highest BCUT2D eigenvalue weighted by atomic mass is 32.1. The average molecular weight is 457 g/mol. The van der Waals surface area contributed by atoms with E-state index in [-0.39, 0.29) is 17.9 Å². The van der Waals surface area contributed by atoms with E-state index in [9.17, 15) is 9.59 Å². The number of anilines is 2. The molecule has 1 aliphatic heterocycles. The zero-order chi connectivity index (χ0) is 23.0. The molecule has 1 fully saturated rings. The van der Waals surface area contributed by atoms with E-state index in [0.29, 0.717) is 10.6 Å². The van der Waals surface area contributed by atoms with E-state index in [1.165, 1.54) is 16.2 Å². The molecule has 4 rings (SSSR count). The molecule has 2 aromatic heterocycles. The molecule has 3 heterocycles. The van der Waals surface area contributed by atoms with Gasteiger partial charge < -0.3 is 16.0 Å². The summed E-state index contributed by atoms with van der Waals surface area (Å²) in [6.07, 6.45) is 2.86. The maximum atomic E-state index is 13.0. The first-order chi connectivity index (χ1) is 15.2. The van der Waals surface area contributed by atoms with Gasteiger partial charge >= 0.3 is 0 Å². The van der Waals surface area contributed by atoms with E-state index in [1.807, 2.05) is 19.9 Å². The van der Waals surface area contributed by atoms with Gasteiger partial charge in [0.05, 0.1) is 11.6 Å². The van der Waals surface area contributed by atoms with Crippen molar-refractivity contribution >= 4 is 34.0 Å². The molecule has 1 atom stereocenters. The lowest BCUT2D eigenvalue weighted by molar-refractivity contribution is -0.120. The van der Waals surface area contributed by atoms with Gasteiger partial charge in [0, 0.05) is 48.7 Å². The van der Waals surface area contributed by atoms with E-state index >= 15 is 0 Å². The number of carbonyl (C=O) groups excluding carboxylic acids is 2. The van der Waals surface area contributed by atoms with Crippen molar-refractivity contribution in [1.29, 1.82) is 0 Å². The monoisotopic (exact) mass is 456 g/mol. The first-order valence-corrected chi connectivity index (χ1v) is 12.2. The highest BCUT2D eigenvalue weighted by Crippen LogP contribution is 2.39. The van der Waals surface area contributed by atoms with Crippen LogP contribution in [0.25, 0.3) is 0 Å². The molecule has 2 aliphatic rings. The van der Waals surface area contributed by atoms with Gasteiger partial charge in [0.15, 0.2) is 0 Å². The second kappa shape index (κ2) is 9.15. The lowest BCUT2D eigenvalue weighted by Gasteiger charge is -2.38. The van der Waals surface area contributed by atoms with E-state index in [4.69, 9.17) is 10.7 Å². The van der Waals surface area contributed by atoms with Crippen molar-refractivity contribution < 1.29 is 9.59 Å². The van der Waals surface area contributed by atoms with Crippen molar-refractivity contribution in [2.24, 2.45) is 5.73 Å². The summed E-state index contributed by atoms with van der Waals surface area (Å²) in [5, 5.41) is 3.60. The summed E-state index contributed by atoms with van der Waals surface area (Å²) < 4.78 is 0. The fourth-order valence-electron chi connectivity index (χ4n) is 4.47. The van der Waals surface area contributed by atoms with Gasteiger partial charge in [0.25, 0.3) is 5.91 Å². The van der Waals surface area contributed by atoms with Crippen LogP contribution in [0.15, 0.2) is 6.07 Å². The Labute approximate surface area is 193 Å². The first-order valence-electron chi connectivity index (χ1n) is 11.3. The maximum Gasteiger partial charge on any atom is 0.251 e. The number of fused-ring (bicyclic) bond motifs is 1. The van der Waals surface area contributed by atoms with Gasteiger partial charge in [-0.3, -0.25) is 14.5 Å². The van der Waals surface area contributed by atoms with Gasteiger partial charge in [0.1, 0.15) is 16.6 Å². The van der Waals surface area contributed by atoms with Crippen molar-refractivity contribution in [2.45, 2.75) is 58.9 Å². The summed E-state index contributed by atoms with van der Waals surface area (Å²) in [6, 6.07) is 1.73. The molecule has 2 aromatic rings. The molecule has 0 saturated carbocycles. The number of hydrogen-bond acceptors (Lipinski definition) is 7. The van der Waals surface area contributed by atoms with Crippen LogP contribution in [-0.2, 0) is 17.6 Å². The molecule has 0 bridgehead atoms. The van der Waals surface area contributed by atoms with Crippen molar-refractivity contribution in [3.05, 3.63) is 33.6 Å². The number of primary amides is 1. The number of aromatic nitrogens is 2. The van der Waals surface area contributed by atoms with Crippen molar-refractivity contribution in [2.75, 3.05) is 36.4 Å². The number of aryl methyl sites for hydroxylation is 2. The molecule has 172 valence electrons. The number of thiophene rings is 1. The van der Waals surface area contributed by atoms with E-state index in [0.717, 1.165) is 68.3 Å². The molecule has 32 heavy (non-hydrogen) atoms. The Kier molecular flexibility index (Phi) is 6.48. The van der Waals surface area contributed by atoms with Crippen LogP contribution in [0.4, 0.5) is 10.8 Å². The number of carbonyl (C=O) groups is 2. The summed E-state index contributed by atoms with van der Waals surface area (Å²) in [5.41, 5.74) is 8.14. The van der Waals surface area contributed by atoms with Crippen LogP contribution in [-0.4, -0.2) is 58.9 Å². The molecule has 2 amide bonds. The Morgan fingerprint density at radius 1 is 1.12 bits per heavy atom. The summed E-state index contributed by atoms with van der Waals surface area (Å²) in [7, 11) is 0. The fraction of sp³-hybridized carbons (Fsp3) is 0.565. The lowest BCUT2D eigenvalue weighted by Crippen LogP contribution is -2.53. The smallest absolute Gasteiger partial charge is 0.251 e. The zero-order valence-corrected chi connectivity index (χ0v) is 20.1.